The Morgan fingerprint density at radius 2 is 2.25 bits per heavy atom. The minimum atomic E-state index is -0.236. The molecule has 1 heterocycles. The molecule has 0 bridgehead atoms. The highest BCUT2D eigenvalue weighted by atomic mass is 16.5. The number of rotatable bonds is 5. The van der Waals surface area contributed by atoms with Crippen LogP contribution in [0.2, 0.25) is 0 Å². The summed E-state index contributed by atoms with van der Waals surface area (Å²) in [5.41, 5.74) is 6.92. The van der Waals surface area contributed by atoms with Crippen LogP contribution in [0, 0.1) is 0 Å². The van der Waals surface area contributed by atoms with Gasteiger partial charge < -0.3 is 15.4 Å². The summed E-state index contributed by atoms with van der Waals surface area (Å²) >= 11 is 0. The van der Waals surface area contributed by atoms with Crippen LogP contribution in [0.25, 0.3) is 0 Å². The van der Waals surface area contributed by atoms with Gasteiger partial charge >= 0.3 is 6.03 Å². The maximum atomic E-state index is 11.9. The van der Waals surface area contributed by atoms with Crippen LogP contribution in [0.15, 0.2) is 29.3 Å². The molecule has 0 saturated heterocycles. The normalized spacial score (nSPS) is 22.1. The number of benzene rings is 1. The number of ether oxygens (including phenoxy) is 1. The van der Waals surface area contributed by atoms with Crippen molar-refractivity contribution >= 4 is 11.9 Å². The Labute approximate surface area is 118 Å². The van der Waals surface area contributed by atoms with E-state index in [-0.39, 0.29) is 18.1 Å². The van der Waals surface area contributed by atoms with E-state index in [9.17, 15) is 4.79 Å². The highest BCUT2D eigenvalue weighted by Crippen LogP contribution is 2.38. The van der Waals surface area contributed by atoms with Gasteiger partial charge in [-0.25, -0.2) is 4.79 Å². The first-order valence-electron chi connectivity index (χ1n) is 7.10. The van der Waals surface area contributed by atoms with Crippen LogP contribution in [0.1, 0.15) is 37.8 Å². The topological polar surface area (TPSA) is 67.9 Å². The van der Waals surface area contributed by atoms with Gasteiger partial charge in [0.1, 0.15) is 17.6 Å². The van der Waals surface area contributed by atoms with Crippen molar-refractivity contribution in [2.24, 2.45) is 10.7 Å². The summed E-state index contributed by atoms with van der Waals surface area (Å²) in [6.45, 7) is 2.75. The number of nitrogens with zero attached hydrogens (tertiary/aromatic N) is 2. The minimum absolute atomic E-state index is 0.213. The van der Waals surface area contributed by atoms with Crippen molar-refractivity contribution in [2.45, 2.75) is 38.3 Å². The van der Waals surface area contributed by atoms with Crippen molar-refractivity contribution in [3.05, 3.63) is 29.8 Å². The lowest BCUT2D eigenvalue weighted by Gasteiger charge is -2.24. The molecular formula is C15H19N3O2. The Morgan fingerprint density at radius 3 is 2.95 bits per heavy atom. The molecule has 1 aliphatic heterocycles. The average Bonchev–Trinajstić information content (AvgIpc) is 3.22. The summed E-state index contributed by atoms with van der Waals surface area (Å²) in [5, 5.41) is 0. The zero-order chi connectivity index (χ0) is 14.1. The average molecular weight is 273 g/mol. The van der Waals surface area contributed by atoms with Crippen LogP contribution in [-0.4, -0.2) is 29.4 Å². The summed E-state index contributed by atoms with van der Waals surface area (Å²) in [7, 11) is 0. The quantitative estimate of drug-likeness (QED) is 0.896. The Hall–Kier alpha value is -2.04. The lowest BCUT2D eigenvalue weighted by molar-refractivity contribution is 0.203. The number of hydrogen-bond donors (Lipinski definition) is 1. The fraction of sp³-hybridized carbons (Fsp3) is 0.467. The molecule has 20 heavy (non-hydrogen) atoms. The van der Waals surface area contributed by atoms with Gasteiger partial charge in [0.15, 0.2) is 0 Å². The second-order valence-electron chi connectivity index (χ2n) is 5.28. The van der Waals surface area contributed by atoms with E-state index < -0.39 is 0 Å². The maximum Gasteiger partial charge on any atom is 0.346 e. The molecule has 106 valence electrons. The molecule has 2 amide bonds. The molecule has 2 N–H and O–H groups in total. The number of aliphatic imine (C=N–C) groups is 1. The standard InChI is InChI=1S/C15H19N3O2/c1-2-8-20-12-5-3-4-10(9-12)13-14(16)17-15(19)18(13)11-6-7-11/h3-5,9,11,13H,2,6-8H2,1H3,(H2,16,17,19). The van der Waals surface area contributed by atoms with E-state index in [1.54, 1.807) is 4.90 Å². The number of carbonyl (C=O) groups is 1. The largest absolute Gasteiger partial charge is 0.494 e. The molecule has 5 heteroatoms. The van der Waals surface area contributed by atoms with Gasteiger partial charge in [0.25, 0.3) is 0 Å². The van der Waals surface area contributed by atoms with E-state index in [0.29, 0.717) is 12.4 Å². The molecule has 1 saturated carbocycles. The van der Waals surface area contributed by atoms with Gasteiger partial charge in [0, 0.05) is 6.04 Å². The molecule has 1 unspecified atom stereocenters. The first-order chi connectivity index (χ1) is 9.70. The third-order valence-electron chi connectivity index (χ3n) is 3.59. The third-order valence-corrected chi connectivity index (χ3v) is 3.59. The first-order valence-corrected chi connectivity index (χ1v) is 7.10. The molecule has 1 aliphatic carbocycles. The second-order valence-corrected chi connectivity index (χ2v) is 5.28. The number of carbonyl (C=O) groups excluding carboxylic acids is 1. The van der Waals surface area contributed by atoms with Gasteiger partial charge in [-0.3, -0.25) is 0 Å². The van der Waals surface area contributed by atoms with Gasteiger partial charge in [-0.15, -0.1) is 0 Å². The van der Waals surface area contributed by atoms with Crippen LogP contribution in [0.4, 0.5) is 4.79 Å². The van der Waals surface area contributed by atoms with Gasteiger partial charge in [0.2, 0.25) is 0 Å². The third kappa shape index (κ3) is 2.35. The SMILES string of the molecule is CCCOc1cccc(C2C(N)=NC(=O)N2C2CC2)c1. The summed E-state index contributed by atoms with van der Waals surface area (Å²) in [5.74, 6) is 1.20. The fourth-order valence-electron chi connectivity index (χ4n) is 2.53. The van der Waals surface area contributed by atoms with Crippen LogP contribution < -0.4 is 10.5 Å². The van der Waals surface area contributed by atoms with Gasteiger partial charge in [-0.2, -0.15) is 4.99 Å². The zero-order valence-corrected chi connectivity index (χ0v) is 11.6. The molecule has 0 radical (unpaired) electrons. The lowest BCUT2D eigenvalue weighted by Crippen LogP contribution is -2.35. The summed E-state index contributed by atoms with van der Waals surface area (Å²) in [6, 6.07) is 7.62. The molecule has 1 atom stereocenters. The molecule has 2 aliphatic rings. The predicted octanol–water partition coefficient (Wildman–Crippen LogP) is 2.47. The Kier molecular flexibility index (Phi) is 3.34. The van der Waals surface area contributed by atoms with E-state index in [0.717, 1.165) is 30.6 Å². The molecule has 0 aromatic heterocycles. The van der Waals surface area contributed by atoms with Gasteiger partial charge in [-0.1, -0.05) is 19.1 Å². The number of amidine groups is 1. The van der Waals surface area contributed by atoms with E-state index in [2.05, 4.69) is 11.9 Å². The minimum Gasteiger partial charge on any atom is -0.494 e. The number of amides is 2. The van der Waals surface area contributed by atoms with E-state index in [1.165, 1.54) is 0 Å². The molecular weight excluding hydrogens is 254 g/mol. The number of urea groups is 1. The molecule has 1 aromatic carbocycles. The molecule has 5 nitrogen and oxygen atoms in total. The van der Waals surface area contributed by atoms with Crippen molar-refractivity contribution in [1.82, 2.24) is 4.90 Å². The summed E-state index contributed by atoms with van der Waals surface area (Å²) in [4.78, 5) is 17.7. The van der Waals surface area contributed by atoms with E-state index >= 15 is 0 Å². The van der Waals surface area contributed by atoms with Crippen LogP contribution in [0.5, 0.6) is 5.75 Å². The first kappa shape index (κ1) is 13.0. The molecule has 3 rings (SSSR count). The number of nitrogens with two attached hydrogens (primary N) is 1. The Balaban J connectivity index is 1.86. The predicted molar refractivity (Wildman–Crippen MR) is 76.8 cm³/mol. The monoisotopic (exact) mass is 273 g/mol. The second kappa shape index (κ2) is 5.15. The van der Waals surface area contributed by atoms with Crippen molar-refractivity contribution in [2.75, 3.05) is 6.61 Å². The molecule has 0 spiro atoms. The van der Waals surface area contributed by atoms with Crippen LogP contribution >= 0.6 is 0 Å². The van der Waals surface area contributed by atoms with E-state index in [1.807, 2.05) is 24.3 Å². The zero-order valence-electron chi connectivity index (χ0n) is 11.6. The fourth-order valence-corrected chi connectivity index (χ4v) is 2.53. The smallest absolute Gasteiger partial charge is 0.346 e. The molecule has 1 fully saturated rings. The van der Waals surface area contributed by atoms with Crippen LogP contribution in [0.3, 0.4) is 0 Å². The van der Waals surface area contributed by atoms with Crippen molar-refractivity contribution in [3.63, 3.8) is 0 Å². The van der Waals surface area contributed by atoms with Crippen LogP contribution in [-0.2, 0) is 0 Å². The Morgan fingerprint density at radius 1 is 1.45 bits per heavy atom. The van der Waals surface area contributed by atoms with E-state index in [4.69, 9.17) is 10.5 Å². The highest BCUT2D eigenvalue weighted by molar-refractivity contribution is 6.03. The lowest BCUT2D eigenvalue weighted by atomic mass is 10.0. The summed E-state index contributed by atoms with van der Waals surface area (Å²) in [6.07, 6.45) is 3.04. The van der Waals surface area contributed by atoms with Gasteiger partial charge in [-0.05, 0) is 37.0 Å². The van der Waals surface area contributed by atoms with Crippen molar-refractivity contribution < 1.29 is 9.53 Å². The molecule has 1 aromatic rings. The Bertz CT molecular complexity index is 552. The highest BCUT2D eigenvalue weighted by Gasteiger charge is 2.43. The van der Waals surface area contributed by atoms with Crippen molar-refractivity contribution in [1.29, 1.82) is 0 Å². The van der Waals surface area contributed by atoms with Gasteiger partial charge in [0.05, 0.1) is 6.61 Å². The van der Waals surface area contributed by atoms with Crippen molar-refractivity contribution in [3.8, 4) is 5.75 Å². The summed E-state index contributed by atoms with van der Waals surface area (Å²) < 4.78 is 5.64. The maximum absolute atomic E-state index is 11.9. The number of hydrogen-bond acceptors (Lipinski definition) is 3.